The van der Waals surface area contributed by atoms with Crippen LogP contribution in [0.1, 0.15) is 5.56 Å². The first-order valence-electron chi connectivity index (χ1n) is 4.25. The summed E-state index contributed by atoms with van der Waals surface area (Å²) >= 11 is 11.8. The normalized spacial score (nSPS) is 11.4. The molecule has 17 heavy (non-hydrogen) atoms. The Morgan fingerprint density at radius 1 is 1.41 bits per heavy atom. The van der Waals surface area contributed by atoms with Gasteiger partial charge in [-0.15, -0.1) is 17.5 Å². The highest BCUT2D eigenvalue weighted by atomic mass is 35.5. The molecule has 94 valence electrons. The van der Waals surface area contributed by atoms with Gasteiger partial charge in [-0.25, -0.2) is 5.06 Å². The fourth-order valence-electron chi connectivity index (χ4n) is 0.845. The quantitative estimate of drug-likeness (QED) is 0.500. The second kappa shape index (κ2) is 7.34. The molecule has 1 aromatic carbocycles. The molecule has 5 nitrogen and oxygen atoms in total. The summed E-state index contributed by atoms with van der Waals surface area (Å²) in [5.74, 6) is -0.139. The van der Waals surface area contributed by atoms with Gasteiger partial charge in [0.2, 0.25) is 5.96 Å². The number of nitrogens with two attached hydrogens (primary N) is 1. The molecule has 3 N–H and O–H groups in total. The van der Waals surface area contributed by atoms with Crippen LogP contribution in [0.3, 0.4) is 0 Å². The molecule has 0 heterocycles. The molecule has 0 radical (unpaired) electrons. The molecule has 1 aromatic rings. The summed E-state index contributed by atoms with van der Waals surface area (Å²) in [4.78, 5) is 0. The van der Waals surface area contributed by atoms with Crippen molar-refractivity contribution < 1.29 is 5.21 Å². The van der Waals surface area contributed by atoms with Crippen molar-refractivity contribution in [3.05, 3.63) is 33.8 Å². The van der Waals surface area contributed by atoms with Gasteiger partial charge in [0.25, 0.3) is 0 Å². The van der Waals surface area contributed by atoms with Crippen LogP contribution in [0.2, 0.25) is 10.0 Å². The maximum atomic E-state index is 8.88. The summed E-state index contributed by atoms with van der Waals surface area (Å²) in [6.07, 6.45) is 1.36. The largest absolute Gasteiger partial charge is 0.366 e. The van der Waals surface area contributed by atoms with Gasteiger partial charge in [-0.1, -0.05) is 29.3 Å². The van der Waals surface area contributed by atoms with Crippen molar-refractivity contribution in [1.29, 1.82) is 0 Å². The molecule has 0 amide bonds. The Morgan fingerprint density at radius 2 is 1.94 bits per heavy atom. The molecule has 0 aliphatic heterocycles. The van der Waals surface area contributed by atoms with Gasteiger partial charge in [-0.3, -0.25) is 5.21 Å². The van der Waals surface area contributed by atoms with Gasteiger partial charge < -0.3 is 5.73 Å². The fraction of sp³-hybridized carbons (Fsp3) is 0.111. The second-order valence-electron chi connectivity index (χ2n) is 2.86. The molecule has 0 aliphatic rings. The topological polar surface area (TPSA) is 74.2 Å². The molecule has 0 spiro atoms. The highest BCUT2D eigenvalue weighted by Gasteiger charge is 2.01. The molecule has 0 saturated heterocycles. The number of hydrogen-bond donors (Lipinski definition) is 2. The number of nitrogens with zero attached hydrogens (tertiary/aromatic N) is 3. The van der Waals surface area contributed by atoms with E-state index in [0.717, 1.165) is 0 Å². The van der Waals surface area contributed by atoms with Crippen LogP contribution in [0.15, 0.2) is 28.4 Å². The van der Waals surface area contributed by atoms with E-state index in [2.05, 4.69) is 10.2 Å². The monoisotopic (exact) mass is 296 g/mol. The molecule has 0 fully saturated rings. The molecule has 1 rings (SSSR count). The Hall–Kier alpha value is -1.01. The first kappa shape index (κ1) is 16.0. The highest BCUT2D eigenvalue weighted by Crippen LogP contribution is 2.22. The van der Waals surface area contributed by atoms with E-state index in [0.29, 0.717) is 20.7 Å². The van der Waals surface area contributed by atoms with Crippen LogP contribution in [-0.4, -0.2) is 29.5 Å². The van der Waals surface area contributed by atoms with Gasteiger partial charge in [0.15, 0.2) is 0 Å². The SMILES string of the molecule is CN(O)C(N)=NN=Cc1c(Cl)cccc1Cl.Cl. The predicted molar refractivity (Wildman–Crippen MR) is 72.5 cm³/mol. The van der Waals surface area contributed by atoms with Gasteiger partial charge in [0.05, 0.1) is 16.3 Å². The van der Waals surface area contributed by atoms with Crippen molar-refractivity contribution >= 4 is 47.8 Å². The van der Waals surface area contributed by atoms with E-state index in [1.54, 1.807) is 18.2 Å². The Morgan fingerprint density at radius 3 is 2.41 bits per heavy atom. The fourth-order valence-corrected chi connectivity index (χ4v) is 1.34. The Bertz CT molecular complexity index is 414. The number of halogens is 3. The third kappa shape index (κ3) is 4.79. The van der Waals surface area contributed by atoms with Crippen molar-refractivity contribution in [3.8, 4) is 0 Å². The molecule has 0 aliphatic carbocycles. The lowest BCUT2D eigenvalue weighted by Crippen LogP contribution is -2.30. The van der Waals surface area contributed by atoms with Crippen LogP contribution in [0, 0.1) is 0 Å². The minimum Gasteiger partial charge on any atom is -0.366 e. The van der Waals surface area contributed by atoms with E-state index in [4.69, 9.17) is 34.1 Å². The van der Waals surface area contributed by atoms with E-state index >= 15 is 0 Å². The van der Waals surface area contributed by atoms with E-state index in [9.17, 15) is 0 Å². The minimum absolute atomic E-state index is 0. The summed E-state index contributed by atoms with van der Waals surface area (Å²) in [5, 5.41) is 17.6. The lowest BCUT2D eigenvalue weighted by Gasteiger charge is -2.05. The first-order chi connectivity index (χ1) is 7.52. The number of guanidine groups is 1. The maximum Gasteiger partial charge on any atom is 0.240 e. The summed E-state index contributed by atoms with van der Waals surface area (Å²) in [5.41, 5.74) is 5.85. The van der Waals surface area contributed by atoms with Crippen molar-refractivity contribution in [1.82, 2.24) is 5.06 Å². The Kier molecular flexibility index (Phi) is 6.91. The number of hydrogen-bond acceptors (Lipinski definition) is 3. The zero-order valence-electron chi connectivity index (χ0n) is 8.84. The molecule has 0 aromatic heterocycles. The number of benzene rings is 1. The molecule has 0 bridgehead atoms. The molecule has 0 saturated carbocycles. The van der Waals surface area contributed by atoms with E-state index < -0.39 is 0 Å². The van der Waals surface area contributed by atoms with Gasteiger partial charge in [0, 0.05) is 12.6 Å². The van der Waals surface area contributed by atoms with E-state index in [1.807, 2.05) is 0 Å². The molecule has 0 atom stereocenters. The smallest absolute Gasteiger partial charge is 0.240 e. The van der Waals surface area contributed by atoms with Crippen molar-refractivity contribution in [2.24, 2.45) is 15.9 Å². The van der Waals surface area contributed by atoms with Crippen LogP contribution >= 0.6 is 35.6 Å². The van der Waals surface area contributed by atoms with Gasteiger partial charge in [-0.05, 0) is 12.1 Å². The number of hydroxylamine groups is 2. The van der Waals surface area contributed by atoms with Gasteiger partial charge in [0.1, 0.15) is 0 Å². The second-order valence-corrected chi connectivity index (χ2v) is 3.68. The maximum absolute atomic E-state index is 8.88. The van der Waals surface area contributed by atoms with Crippen LogP contribution < -0.4 is 5.73 Å². The Balaban J connectivity index is 0.00000256. The van der Waals surface area contributed by atoms with Crippen molar-refractivity contribution in [2.75, 3.05) is 7.05 Å². The third-order valence-electron chi connectivity index (χ3n) is 1.68. The van der Waals surface area contributed by atoms with Gasteiger partial charge in [-0.2, -0.15) is 5.10 Å². The summed E-state index contributed by atoms with van der Waals surface area (Å²) < 4.78 is 0. The van der Waals surface area contributed by atoms with Gasteiger partial charge >= 0.3 is 0 Å². The lowest BCUT2D eigenvalue weighted by molar-refractivity contribution is 0.0117. The summed E-state index contributed by atoms with van der Waals surface area (Å²) in [6, 6.07) is 5.08. The highest BCUT2D eigenvalue weighted by molar-refractivity contribution is 6.38. The van der Waals surface area contributed by atoms with E-state index in [1.165, 1.54) is 13.3 Å². The average molecular weight is 298 g/mol. The van der Waals surface area contributed by atoms with Crippen molar-refractivity contribution in [2.45, 2.75) is 0 Å². The average Bonchev–Trinajstić information content (AvgIpc) is 2.22. The molecular weight excluding hydrogens is 286 g/mol. The minimum atomic E-state index is -0.139. The van der Waals surface area contributed by atoms with Crippen LogP contribution in [0.5, 0.6) is 0 Å². The standard InChI is InChI=1S/C9H10Cl2N4O.ClH/c1-15(16)9(12)14-13-5-6-7(10)3-2-4-8(6)11;/h2-5,16H,1H3,(H2,12,14);1H. The van der Waals surface area contributed by atoms with Crippen LogP contribution in [0.25, 0.3) is 0 Å². The molecule has 8 heteroatoms. The molecule has 0 unspecified atom stereocenters. The third-order valence-corrected chi connectivity index (χ3v) is 2.34. The van der Waals surface area contributed by atoms with Crippen molar-refractivity contribution in [3.63, 3.8) is 0 Å². The number of rotatable bonds is 2. The zero-order valence-corrected chi connectivity index (χ0v) is 11.2. The van der Waals surface area contributed by atoms with Crippen LogP contribution in [0.4, 0.5) is 0 Å². The summed E-state index contributed by atoms with van der Waals surface area (Å²) in [6.45, 7) is 0. The first-order valence-corrected chi connectivity index (χ1v) is 5.01. The molecular formula is C9H11Cl3N4O. The summed E-state index contributed by atoms with van der Waals surface area (Å²) in [7, 11) is 1.33. The Labute approximate surface area is 115 Å². The lowest BCUT2D eigenvalue weighted by atomic mass is 10.2. The van der Waals surface area contributed by atoms with E-state index in [-0.39, 0.29) is 18.4 Å². The van der Waals surface area contributed by atoms with Crippen LogP contribution in [-0.2, 0) is 0 Å². The predicted octanol–water partition coefficient (Wildman–Crippen LogP) is 2.38. The zero-order chi connectivity index (χ0) is 12.1.